The standard InChI is InChI=1S/C19H27N3O3/c1-21(14-17-8-5-11-25-17)19(24)20-12-15-6-2-3-7-16(15)13-22-10-4-9-18(22)23/h2-3,6-7,17H,4-5,8-14H2,1H3,(H,20,24)/t17-/m0/s1. The van der Waals surface area contributed by atoms with Gasteiger partial charge in [0.15, 0.2) is 0 Å². The normalized spacial score (nSPS) is 20.1. The van der Waals surface area contributed by atoms with Gasteiger partial charge < -0.3 is 19.9 Å². The molecule has 1 atom stereocenters. The molecule has 1 N–H and O–H groups in total. The summed E-state index contributed by atoms with van der Waals surface area (Å²) in [6, 6.07) is 7.89. The molecule has 2 heterocycles. The number of carbonyl (C=O) groups is 2. The van der Waals surface area contributed by atoms with Crippen LogP contribution in [-0.4, -0.2) is 54.6 Å². The molecule has 2 fully saturated rings. The zero-order chi connectivity index (χ0) is 17.6. The first kappa shape index (κ1) is 17.7. The van der Waals surface area contributed by atoms with Crippen molar-refractivity contribution < 1.29 is 14.3 Å². The molecule has 0 saturated carbocycles. The smallest absolute Gasteiger partial charge is 0.317 e. The van der Waals surface area contributed by atoms with Gasteiger partial charge in [0.2, 0.25) is 5.91 Å². The number of urea groups is 1. The maximum Gasteiger partial charge on any atom is 0.317 e. The van der Waals surface area contributed by atoms with Gasteiger partial charge in [0.25, 0.3) is 0 Å². The first-order chi connectivity index (χ1) is 12.1. The van der Waals surface area contributed by atoms with Crippen molar-refractivity contribution in [3.63, 3.8) is 0 Å². The van der Waals surface area contributed by atoms with Crippen molar-refractivity contribution in [3.05, 3.63) is 35.4 Å². The minimum absolute atomic E-state index is 0.0949. The summed E-state index contributed by atoms with van der Waals surface area (Å²) in [6.45, 7) is 3.33. The third-order valence-electron chi connectivity index (χ3n) is 4.93. The third kappa shape index (κ3) is 4.72. The minimum Gasteiger partial charge on any atom is -0.376 e. The monoisotopic (exact) mass is 345 g/mol. The lowest BCUT2D eigenvalue weighted by Gasteiger charge is -2.22. The van der Waals surface area contributed by atoms with Gasteiger partial charge in [-0.25, -0.2) is 4.79 Å². The maximum absolute atomic E-state index is 12.3. The van der Waals surface area contributed by atoms with E-state index in [1.54, 1.807) is 11.9 Å². The van der Waals surface area contributed by atoms with Gasteiger partial charge >= 0.3 is 6.03 Å². The van der Waals surface area contributed by atoms with Gasteiger partial charge in [0, 0.05) is 46.3 Å². The van der Waals surface area contributed by atoms with Crippen LogP contribution in [-0.2, 0) is 22.6 Å². The third-order valence-corrected chi connectivity index (χ3v) is 4.93. The molecule has 25 heavy (non-hydrogen) atoms. The molecule has 0 aliphatic carbocycles. The van der Waals surface area contributed by atoms with E-state index in [0.29, 0.717) is 26.1 Å². The van der Waals surface area contributed by atoms with Crippen molar-refractivity contribution in [3.8, 4) is 0 Å². The number of benzene rings is 1. The van der Waals surface area contributed by atoms with Crippen molar-refractivity contribution in [1.29, 1.82) is 0 Å². The lowest BCUT2D eigenvalue weighted by atomic mass is 10.1. The number of likely N-dealkylation sites (N-methyl/N-ethyl adjacent to an activating group) is 1. The van der Waals surface area contributed by atoms with Crippen molar-refractivity contribution in [1.82, 2.24) is 15.1 Å². The van der Waals surface area contributed by atoms with Crippen LogP contribution in [0.15, 0.2) is 24.3 Å². The summed E-state index contributed by atoms with van der Waals surface area (Å²) in [5.41, 5.74) is 2.15. The lowest BCUT2D eigenvalue weighted by Crippen LogP contribution is -2.41. The molecule has 2 saturated heterocycles. The van der Waals surface area contributed by atoms with Crippen molar-refractivity contribution in [2.45, 2.75) is 44.9 Å². The summed E-state index contributed by atoms with van der Waals surface area (Å²) in [5, 5.41) is 2.98. The highest BCUT2D eigenvalue weighted by molar-refractivity contribution is 5.78. The quantitative estimate of drug-likeness (QED) is 0.859. The summed E-state index contributed by atoms with van der Waals surface area (Å²) in [5.74, 6) is 0.218. The van der Waals surface area contributed by atoms with Crippen LogP contribution in [0, 0.1) is 0 Å². The molecule has 1 aromatic rings. The van der Waals surface area contributed by atoms with Crippen LogP contribution < -0.4 is 5.32 Å². The predicted octanol–water partition coefficient (Wildman–Crippen LogP) is 2.13. The molecule has 6 nitrogen and oxygen atoms in total. The molecule has 136 valence electrons. The van der Waals surface area contributed by atoms with Gasteiger partial charge in [-0.2, -0.15) is 0 Å². The Kier molecular flexibility index (Phi) is 5.91. The summed E-state index contributed by atoms with van der Waals surface area (Å²) in [7, 11) is 1.80. The van der Waals surface area contributed by atoms with Gasteiger partial charge in [-0.3, -0.25) is 4.79 Å². The van der Waals surface area contributed by atoms with E-state index in [9.17, 15) is 9.59 Å². The van der Waals surface area contributed by atoms with Crippen LogP contribution in [0.2, 0.25) is 0 Å². The summed E-state index contributed by atoms with van der Waals surface area (Å²) in [4.78, 5) is 27.7. The fourth-order valence-electron chi connectivity index (χ4n) is 3.44. The van der Waals surface area contributed by atoms with Crippen LogP contribution in [0.1, 0.15) is 36.8 Å². The molecule has 0 bridgehead atoms. The van der Waals surface area contributed by atoms with E-state index < -0.39 is 0 Å². The lowest BCUT2D eigenvalue weighted by molar-refractivity contribution is -0.128. The number of rotatable bonds is 6. The Labute approximate surface area is 149 Å². The molecule has 3 amide bonds. The predicted molar refractivity (Wildman–Crippen MR) is 94.9 cm³/mol. The number of hydrogen-bond acceptors (Lipinski definition) is 3. The van der Waals surface area contributed by atoms with Crippen LogP contribution >= 0.6 is 0 Å². The molecule has 3 rings (SSSR count). The summed E-state index contributed by atoms with van der Waals surface area (Å²) >= 11 is 0. The zero-order valence-corrected chi connectivity index (χ0v) is 14.9. The van der Waals surface area contributed by atoms with E-state index in [4.69, 9.17) is 4.74 Å². The van der Waals surface area contributed by atoms with Crippen LogP contribution in [0.3, 0.4) is 0 Å². The molecule has 2 aliphatic heterocycles. The Morgan fingerprint density at radius 1 is 1.32 bits per heavy atom. The van der Waals surface area contributed by atoms with E-state index in [0.717, 1.165) is 43.5 Å². The van der Waals surface area contributed by atoms with Gasteiger partial charge in [-0.05, 0) is 30.4 Å². The first-order valence-corrected chi connectivity index (χ1v) is 9.08. The number of nitrogens with one attached hydrogen (secondary N) is 1. The van der Waals surface area contributed by atoms with E-state index in [1.165, 1.54) is 0 Å². The molecule has 2 aliphatic rings. The second-order valence-corrected chi connectivity index (χ2v) is 6.86. The van der Waals surface area contributed by atoms with Gasteiger partial charge in [0.1, 0.15) is 0 Å². The van der Waals surface area contributed by atoms with Crippen LogP contribution in [0.5, 0.6) is 0 Å². The zero-order valence-electron chi connectivity index (χ0n) is 14.9. The van der Waals surface area contributed by atoms with Crippen molar-refractivity contribution in [2.75, 3.05) is 26.7 Å². The number of amides is 3. The molecule has 0 radical (unpaired) electrons. The van der Waals surface area contributed by atoms with Gasteiger partial charge in [0.05, 0.1) is 6.10 Å². The maximum atomic E-state index is 12.3. The second-order valence-electron chi connectivity index (χ2n) is 6.86. The second kappa shape index (κ2) is 8.34. The number of likely N-dealkylation sites (tertiary alicyclic amines) is 1. The van der Waals surface area contributed by atoms with E-state index in [2.05, 4.69) is 5.32 Å². The highest BCUT2D eigenvalue weighted by Gasteiger charge is 2.22. The number of ether oxygens (including phenoxy) is 1. The van der Waals surface area contributed by atoms with E-state index in [-0.39, 0.29) is 18.0 Å². The fraction of sp³-hybridized carbons (Fsp3) is 0.579. The van der Waals surface area contributed by atoms with Crippen LogP contribution in [0.4, 0.5) is 4.79 Å². The van der Waals surface area contributed by atoms with E-state index in [1.807, 2.05) is 29.2 Å². The fourth-order valence-corrected chi connectivity index (χ4v) is 3.44. The SMILES string of the molecule is CN(C[C@@H]1CCCO1)C(=O)NCc1ccccc1CN1CCCC1=O. The topological polar surface area (TPSA) is 61.9 Å². The van der Waals surface area contributed by atoms with Crippen molar-refractivity contribution in [2.24, 2.45) is 0 Å². The Morgan fingerprint density at radius 3 is 2.80 bits per heavy atom. The summed E-state index contributed by atoms with van der Waals surface area (Å²) in [6.07, 6.45) is 3.83. The highest BCUT2D eigenvalue weighted by Crippen LogP contribution is 2.17. The Balaban J connectivity index is 1.53. The average molecular weight is 345 g/mol. The largest absolute Gasteiger partial charge is 0.376 e. The van der Waals surface area contributed by atoms with Gasteiger partial charge in [-0.15, -0.1) is 0 Å². The van der Waals surface area contributed by atoms with Crippen molar-refractivity contribution >= 4 is 11.9 Å². The molecule has 0 unspecified atom stereocenters. The first-order valence-electron chi connectivity index (χ1n) is 9.08. The van der Waals surface area contributed by atoms with Gasteiger partial charge in [-0.1, -0.05) is 24.3 Å². The number of nitrogens with zero attached hydrogens (tertiary/aromatic N) is 2. The molecular formula is C19H27N3O3. The average Bonchev–Trinajstić information content (AvgIpc) is 3.26. The molecule has 0 spiro atoms. The van der Waals surface area contributed by atoms with E-state index >= 15 is 0 Å². The summed E-state index contributed by atoms with van der Waals surface area (Å²) < 4.78 is 5.58. The highest BCUT2D eigenvalue weighted by atomic mass is 16.5. The molecule has 1 aromatic carbocycles. The molecule has 6 heteroatoms. The minimum atomic E-state index is -0.0949. The molecule has 0 aromatic heterocycles. The number of carbonyl (C=O) groups excluding carboxylic acids is 2. The van der Waals surface area contributed by atoms with Crippen LogP contribution in [0.25, 0.3) is 0 Å². The Hall–Kier alpha value is -2.08. The number of hydrogen-bond donors (Lipinski definition) is 1. The Bertz CT molecular complexity index is 614. The molecular weight excluding hydrogens is 318 g/mol. The Morgan fingerprint density at radius 2 is 2.12 bits per heavy atom.